The van der Waals surface area contributed by atoms with Crippen LogP contribution in [0.15, 0.2) is 28.9 Å². The van der Waals surface area contributed by atoms with Crippen molar-refractivity contribution in [3.8, 4) is 5.88 Å². The molecule has 0 aliphatic carbocycles. The number of likely N-dealkylation sites (tertiary alicyclic amines) is 1. The predicted octanol–water partition coefficient (Wildman–Crippen LogP) is 4.79. The summed E-state index contributed by atoms with van der Waals surface area (Å²) < 4.78 is 52.0. The van der Waals surface area contributed by atoms with Crippen molar-refractivity contribution in [1.29, 1.82) is 0 Å². The first-order valence-corrected chi connectivity index (χ1v) is 10.4. The summed E-state index contributed by atoms with van der Waals surface area (Å²) in [6, 6.07) is 4.19. The molecule has 32 heavy (non-hydrogen) atoms. The molecule has 10 heteroatoms. The van der Waals surface area contributed by atoms with Crippen LogP contribution in [0, 0.1) is 0 Å². The van der Waals surface area contributed by atoms with Crippen LogP contribution in [-0.2, 0) is 6.18 Å². The van der Waals surface area contributed by atoms with Crippen LogP contribution in [0.25, 0.3) is 11.1 Å². The number of ether oxygens (including phenoxy) is 1. The van der Waals surface area contributed by atoms with E-state index in [1.807, 2.05) is 0 Å². The molecule has 1 atom stereocenters. The van der Waals surface area contributed by atoms with E-state index < -0.39 is 17.7 Å². The molecule has 1 unspecified atom stereocenters. The summed E-state index contributed by atoms with van der Waals surface area (Å²) in [5.41, 5.74) is -0.0353. The van der Waals surface area contributed by atoms with Crippen LogP contribution >= 0.6 is 0 Å². The fourth-order valence-electron chi connectivity index (χ4n) is 4.01. The van der Waals surface area contributed by atoms with Gasteiger partial charge in [0.1, 0.15) is 0 Å². The zero-order chi connectivity index (χ0) is 23.0. The highest BCUT2D eigenvalue weighted by molar-refractivity contribution is 5.94. The lowest BCUT2D eigenvalue weighted by molar-refractivity contribution is -0.136. The van der Waals surface area contributed by atoms with Crippen LogP contribution in [0.4, 0.5) is 13.2 Å². The normalized spacial score (nSPS) is 17.2. The average molecular weight is 448 g/mol. The van der Waals surface area contributed by atoms with E-state index in [2.05, 4.69) is 15.1 Å². The Hall–Kier alpha value is -3.17. The minimum absolute atomic E-state index is 0.119. The Balaban J connectivity index is 1.69. The maximum Gasteiger partial charge on any atom is 0.417 e. The SMILES string of the molecule is COc1cc(C(=O)N2CCCC(c3noc4nc(C(C)C)cc(C(F)(F)F)c34)C2)ccn1. The Morgan fingerprint density at radius 2 is 2.09 bits per heavy atom. The fourth-order valence-corrected chi connectivity index (χ4v) is 4.01. The van der Waals surface area contributed by atoms with E-state index in [1.54, 1.807) is 24.8 Å². The number of carbonyl (C=O) groups excluding carboxylic acids is 1. The third-order valence-corrected chi connectivity index (χ3v) is 5.68. The van der Waals surface area contributed by atoms with Gasteiger partial charge in [-0.15, -0.1) is 0 Å². The highest BCUT2D eigenvalue weighted by Crippen LogP contribution is 2.40. The highest BCUT2D eigenvalue weighted by atomic mass is 19.4. The number of nitrogens with zero attached hydrogens (tertiary/aromatic N) is 4. The maximum absolute atomic E-state index is 13.9. The molecule has 4 heterocycles. The molecule has 0 bridgehead atoms. The fraction of sp³-hybridized carbons (Fsp3) is 0.455. The van der Waals surface area contributed by atoms with Gasteiger partial charge in [0, 0.05) is 42.5 Å². The first-order chi connectivity index (χ1) is 15.2. The van der Waals surface area contributed by atoms with Gasteiger partial charge in [-0.25, -0.2) is 9.97 Å². The van der Waals surface area contributed by atoms with Gasteiger partial charge in [0.05, 0.1) is 23.8 Å². The monoisotopic (exact) mass is 448 g/mol. The second-order valence-corrected chi connectivity index (χ2v) is 8.17. The number of rotatable bonds is 4. The zero-order valence-electron chi connectivity index (χ0n) is 17.9. The molecule has 3 aromatic heterocycles. The molecule has 4 rings (SSSR count). The number of halogens is 3. The predicted molar refractivity (Wildman–Crippen MR) is 110 cm³/mol. The van der Waals surface area contributed by atoms with Gasteiger partial charge in [-0.05, 0) is 30.9 Å². The summed E-state index contributed by atoms with van der Waals surface area (Å²) in [6.45, 7) is 4.26. The van der Waals surface area contributed by atoms with Crippen molar-refractivity contribution in [3.63, 3.8) is 0 Å². The first-order valence-electron chi connectivity index (χ1n) is 10.4. The summed E-state index contributed by atoms with van der Waals surface area (Å²) in [5.74, 6) is -0.520. The number of aromatic nitrogens is 3. The number of alkyl halides is 3. The number of pyridine rings is 2. The van der Waals surface area contributed by atoms with Gasteiger partial charge >= 0.3 is 6.18 Å². The second-order valence-electron chi connectivity index (χ2n) is 8.17. The summed E-state index contributed by atoms with van der Waals surface area (Å²) in [4.78, 5) is 22.9. The second kappa shape index (κ2) is 8.40. The van der Waals surface area contributed by atoms with E-state index in [1.165, 1.54) is 19.4 Å². The number of methoxy groups -OCH3 is 1. The summed E-state index contributed by atoms with van der Waals surface area (Å²) in [6.07, 6.45) is -1.88. The minimum Gasteiger partial charge on any atom is -0.481 e. The Morgan fingerprint density at radius 1 is 1.31 bits per heavy atom. The van der Waals surface area contributed by atoms with Crippen LogP contribution in [-0.4, -0.2) is 46.1 Å². The molecule has 0 aromatic carbocycles. The quantitative estimate of drug-likeness (QED) is 0.571. The van der Waals surface area contributed by atoms with Crippen LogP contribution in [0.1, 0.15) is 65.8 Å². The third-order valence-electron chi connectivity index (χ3n) is 5.68. The van der Waals surface area contributed by atoms with Crippen molar-refractivity contribution in [2.75, 3.05) is 20.2 Å². The van der Waals surface area contributed by atoms with E-state index in [-0.39, 0.29) is 35.2 Å². The van der Waals surface area contributed by atoms with Crippen LogP contribution in [0.2, 0.25) is 0 Å². The number of fused-ring (bicyclic) bond motifs is 1. The van der Waals surface area contributed by atoms with E-state index in [9.17, 15) is 18.0 Å². The third kappa shape index (κ3) is 4.13. The lowest BCUT2D eigenvalue weighted by Gasteiger charge is -2.32. The van der Waals surface area contributed by atoms with E-state index in [4.69, 9.17) is 9.26 Å². The van der Waals surface area contributed by atoms with Crippen molar-refractivity contribution in [3.05, 3.63) is 46.9 Å². The molecule has 7 nitrogen and oxygen atoms in total. The Labute approximate surface area is 182 Å². The van der Waals surface area contributed by atoms with Gasteiger partial charge in [-0.1, -0.05) is 19.0 Å². The van der Waals surface area contributed by atoms with Gasteiger partial charge in [0.25, 0.3) is 11.6 Å². The number of amides is 1. The van der Waals surface area contributed by atoms with Crippen molar-refractivity contribution < 1.29 is 27.2 Å². The standard InChI is InChI=1S/C22H23F3N4O3/c1-12(2)16-10-15(22(23,24)25)18-19(28-32-20(18)27-16)14-5-4-8-29(11-14)21(30)13-6-7-26-17(9-13)31-3/h6-7,9-10,12,14H,4-5,8,11H2,1-3H3. The summed E-state index contributed by atoms with van der Waals surface area (Å²) >= 11 is 0. The number of carbonyl (C=O) groups is 1. The summed E-state index contributed by atoms with van der Waals surface area (Å²) in [5, 5.41) is 3.86. The van der Waals surface area contributed by atoms with E-state index in [0.29, 0.717) is 36.5 Å². The minimum atomic E-state index is -4.58. The lowest BCUT2D eigenvalue weighted by Crippen LogP contribution is -2.39. The van der Waals surface area contributed by atoms with Gasteiger partial charge in [0.2, 0.25) is 5.88 Å². The van der Waals surface area contributed by atoms with Crippen LogP contribution in [0.5, 0.6) is 5.88 Å². The molecular weight excluding hydrogens is 425 g/mol. The zero-order valence-corrected chi connectivity index (χ0v) is 17.9. The molecule has 0 radical (unpaired) electrons. The smallest absolute Gasteiger partial charge is 0.417 e. The van der Waals surface area contributed by atoms with Crippen molar-refractivity contribution in [2.24, 2.45) is 0 Å². The Kier molecular flexibility index (Phi) is 5.79. The molecule has 170 valence electrons. The van der Waals surface area contributed by atoms with E-state index in [0.717, 1.165) is 6.07 Å². The molecule has 3 aromatic rings. The number of hydrogen-bond donors (Lipinski definition) is 0. The van der Waals surface area contributed by atoms with Gasteiger partial charge < -0.3 is 14.2 Å². The van der Waals surface area contributed by atoms with E-state index >= 15 is 0 Å². The first kappa shape index (κ1) is 22.0. The topological polar surface area (TPSA) is 81.4 Å². The average Bonchev–Trinajstić information content (AvgIpc) is 3.21. The van der Waals surface area contributed by atoms with Crippen LogP contribution in [0.3, 0.4) is 0 Å². The lowest BCUT2D eigenvalue weighted by atomic mass is 9.91. The molecule has 0 saturated carbocycles. The van der Waals surface area contributed by atoms with Crippen molar-refractivity contribution >= 4 is 17.0 Å². The molecule has 1 aliphatic heterocycles. The largest absolute Gasteiger partial charge is 0.481 e. The maximum atomic E-state index is 13.9. The Morgan fingerprint density at radius 3 is 2.78 bits per heavy atom. The molecule has 1 saturated heterocycles. The highest BCUT2D eigenvalue weighted by Gasteiger charge is 2.38. The van der Waals surface area contributed by atoms with Gasteiger partial charge in [0.15, 0.2) is 0 Å². The molecule has 1 amide bonds. The number of hydrogen-bond acceptors (Lipinski definition) is 6. The molecule has 1 fully saturated rings. The van der Waals surface area contributed by atoms with Crippen molar-refractivity contribution in [2.45, 2.75) is 44.7 Å². The van der Waals surface area contributed by atoms with Gasteiger partial charge in [-0.2, -0.15) is 13.2 Å². The van der Waals surface area contributed by atoms with Gasteiger partial charge in [-0.3, -0.25) is 4.79 Å². The van der Waals surface area contributed by atoms with Crippen LogP contribution < -0.4 is 4.74 Å². The molecule has 0 N–H and O–H groups in total. The molecule has 1 aliphatic rings. The number of piperidine rings is 1. The summed E-state index contributed by atoms with van der Waals surface area (Å²) in [7, 11) is 1.46. The van der Waals surface area contributed by atoms with Crippen molar-refractivity contribution in [1.82, 2.24) is 20.0 Å². The molecule has 0 spiro atoms. The Bertz CT molecular complexity index is 1140. The molecular formula is C22H23F3N4O3.